The molecule has 0 aliphatic carbocycles. The Balaban J connectivity index is 1.92. The lowest BCUT2D eigenvalue weighted by atomic mass is 10.1. The summed E-state index contributed by atoms with van der Waals surface area (Å²) in [6.07, 6.45) is 0. The lowest BCUT2D eigenvalue weighted by Gasteiger charge is -2.35. The topological polar surface area (TPSA) is 53.1 Å². The second-order valence-corrected chi connectivity index (χ2v) is 6.60. The molecule has 1 aromatic carbocycles. The Morgan fingerprint density at radius 3 is 2.40 bits per heavy atom. The summed E-state index contributed by atoms with van der Waals surface area (Å²) < 4.78 is 5.56. The lowest BCUT2D eigenvalue weighted by Crippen LogP contribution is -2.51. The lowest BCUT2D eigenvalue weighted by molar-refractivity contribution is -0.132. The van der Waals surface area contributed by atoms with Crippen molar-refractivity contribution < 1.29 is 14.3 Å². The molecule has 1 aromatic rings. The zero-order chi connectivity index (χ0) is 18.4. The van der Waals surface area contributed by atoms with E-state index in [2.05, 4.69) is 4.90 Å². The van der Waals surface area contributed by atoms with Crippen LogP contribution < -0.4 is 4.74 Å². The van der Waals surface area contributed by atoms with Crippen LogP contribution in [0.5, 0.6) is 5.75 Å². The Bertz CT molecular complexity index is 595. The van der Waals surface area contributed by atoms with Gasteiger partial charge in [0.1, 0.15) is 5.75 Å². The molecule has 138 valence electrons. The van der Waals surface area contributed by atoms with Crippen LogP contribution in [0.3, 0.4) is 0 Å². The molecule has 1 aliphatic rings. The van der Waals surface area contributed by atoms with Crippen LogP contribution in [0.15, 0.2) is 24.3 Å². The summed E-state index contributed by atoms with van der Waals surface area (Å²) in [6, 6.07) is 7.56. The average Bonchev–Trinajstić information content (AvgIpc) is 2.61. The zero-order valence-electron chi connectivity index (χ0n) is 15.7. The second kappa shape index (κ2) is 8.85. The monoisotopic (exact) mass is 347 g/mol. The SMILES string of the molecule is CCOc1ccccc1C(=O)N1CCN(CC(=O)N(C)C(C)C)CC1. The van der Waals surface area contributed by atoms with E-state index in [0.717, 1.165) is 0 Å². The van der Waals surface area contributed by atoms with E-state index in [1.165, 1.54) is 0 Å². The summed E-state index contributed by atoms with van der Waals surface area (Å²) >= 11 is 0. The van der Waals surface area contributed by atoms with E-state index in [1.54, 1.807) is 11.0 Å². The fraction of sp³-hybridized carbons (Fsp3) is 0.579. The molecule has 0 bridgehead atoms. The number of piperazine rings is 1. The molecule has 25 heavy (non-hydrogen) atoms. The Morgan fingerprint density at radius 1 is 1.16 bits per heavy atom. The van der Waals surface area contributed by atoms with Gasteiger partial charge in [0, 0.05) is 39.3 Å². The van der Waals surface area contributed by atoms with E-state index in [-0.39, 0.29) is 17.9 Å². The van der Waals surface area contributed by atoms with Crippen molar-refractivity contribution in [1.82, 2.24) is 14.7 Å². The van der Waals surface area contributed by atoms with Crippen LogP contribution in [0.25, 0.3) is 0 Å². The number of hydrogen-bond donors (Lipinski definition) is 0. The number of carbonyl (C=O) groups is 2. The third kappa shape index (κ3) is 4.95. The molecular weight excluding hydrogens is 318 g/mol. The van der Waals surface area contributed by atoms with Gasteiger partial charge in [-0.15, -0.1) is 0 Å². The maximum Gasteiger partial charge on any atom is 0.257 e. The molecule has 0 spiro atoms. The summed E-state index contributed by atoms with van der Waals surface area (Å²) in [5, 5.41) is 0. The molecule has 2 amide bonds. The molecule has 1 saturated heterocycles. The van der Waals surface area contributed by atoms with E-state index < -0.39 is 0 Å². The minimum atomic E-state index is -0.00525. The smallest absolute Gasteiger partial charge is 0.257 e. The van der Waals surface area contributed by atoms with Crippen LogP contribution in [0.2, 0.25) is 0 Å². The zero-order valence-corrected chi connectivity index (χ0v) is 15.7. The van der Waals surface area contributed by atoms with Crippen molar-refractivity contribution in [1.29, 1.82) is 0 Å². The van der Waals surface area contributed by atoms with Gasteiger partial charge in [-0.05, 0) is 32.9 Å². The van der Waals surface area contributed by atoms with Gasteiger partial charge in [0.25, 0.3) is 5.91 Å². The Labute approximate surface area is 150 Å². The molecular formula is C19H29N3O3. The summed E-state index contributed by atoms with van der Waals surface area (Å²) in [5.74, 6) is 0.747. The van der Waals surface area contributed by atoms with Crippen LogP contribution in [0.4, 0.5) is 0 Å². The van der Waals surface area contributed by atoms with Crippen molar-refractivity contribution in [2.24, 2.45) is 0 Å². The molecule has 6 heteroatoms. The fourth-order valence-corrected chi connectivity index (χ4v) is 2.79. The molecule has 2 rings (SSSR count). The molecule has 0 atom stereocenters. The third-order valence-corrected chi connectivity index (χ3v) is 4.60. The van der Waals surface area contributed by atoms with Gasteiger partial charge in [-0.3, -0.25) is 14.5 Å². The first kappa shape index (κ1) is 19.2. The molecule has 1 fully saturated rings. The molecule has 0 saturated carbocycles. The van der Waals surface area contributed by atoms with Crippen LogP contribution in [0.1, 0.15) is 31.1 Å². The van der Waals surface area contributed by atoms with Gasteiger partial charge in [-0.1, -0.05) is 12.1 Å². The Kier molecular flexibility index (Phi) is 6.82. The number of nitrogens with zero attached hydrogens (tertiary/aromatic N) is 3. The van der Waals surface area contributed by atoms with E-state index in [9.17, 15) is 9.59 Å². The number of amides is 2. The van der Waals surface area contributed by atoms with Gasteiger partial charge < -0.3 is 14.5 Å². The van der Waals surface area contributed by atoms with Crippen molar-refractivity contribution in [3.8, 4) is 5.75 Å². The predicted octanol–water partition coefficient (Wildman–Crippen LogP) is 1.71. The standard InChI is InChI=1S/C19H29N3O3/c1-5-25-17-9-7-6-8-16(17)19(24)22-12-10-21(11-13-22)14-18(23)20(4)15(2)3/h6-9,15H,5,10-14H2,1-4H3. The first-order valence-electron chi connectivity index (χ1n) is 8.93. The summed E-state index contributed by atoms with van der Waals surface area (Å²) in [6.45, 7) is 9.52. The van der Waals surface area contributed by atoms with Gasteiger partial charge in [0.2, 0.25) is 5.91 Å². The van der Waals surface area contributed by atoms with E-state index in [0.29, 0.717) is 50.6 Å². The number of benzene rings is 1. The fourth-order valence-electron chi connectivity index (χ4n) is 2.79. The normalized spacial score (nSPS) is 15.3. The maximum atomic E-state index is 12.8. The molecule has 0 N–H and O–H groups in total. The van der Waals surface area contributed by atoms with Gasteiger partial charge in [-0.2, -0.15) is 0 Å². The molecule has 0 radical (unpaired) electrons. The number of para-hydroxylation sites is 1. The van der Waals surface area contributed by atoms with Gasteiger partial charge in [0.15, 0.2) is 0 Å². The molecule has 0 aromatic heterocycles. The highest BCUT2D eigenvalue weighted by atomic mass is 16.5. The number of rotatable bonds is 6. The van der Waals surface area contributed by atoms with Crippen molar-refractivity contribution in [3.63, 3.8) is 0 Å². The minimum absolute atomic E-state index is 0.00525. The summed E-state index contributed by atoms with van der Waals surface area (Å²) in [7, 11) is 1.83. The van der Waals surface area contributed by atoms with E-state index >= 15 is 0 Å². The molecule has 1 heterocycles. The second-order valence-electron chi connectivity index (χ2n) is 6.60. The average molecular weight is 347 g/mol. The van der Waals surface area contributed by atoms with E-state index in [1.807, 2.05) is 50.9 Å². The number of hydrogen-bond acceptors (Lipinski definition) is 4. The van der Waals surface area contributed by atoms with Crippen LogP contribution in [-0.2, 0) is 4.79 Å². The highest BCUT2D eigenvalue weighted by Crippen LogP contribution is 2.20. The predicted molar refractivity (Wildman–Crippen MR) is 97.9 cm³/mol. The Morgan fingerprint density at radius 2 is 1.80 bits per heavy atom. The van der Waals surface area contributed by atoms with Crippen LogP contribution in [0, 0.1) is 0 Å². The number of carbonyl (C=O) groups excluding carboxylic acids is 2. The maximum absolute atomic E-state index is 12.8. The van der Waals surface area contributed by atoms with Gasteiger partial charge >= 0.3 is 0 Å². The molecule has 0 unspecified atom stereocenters. The highest BCUT2D eigenvalue weighted by molar-refractivity contribution is 5.97. The minimum Gasteiger partial charge on any atom is -0.493 e. The van der Waals surface area contributed by atoms with Crippen molar-refractivity contribution in [2.45, 2.75) is 26.8 Å². The quantitative estimate of drug-likeness (QED) is 0.786. The van der Waals surface area contributed by atoms with Crippen molar-refractivity contribution in [3.05, 3.63) is 29.8 Å². The van der Waals surface area contributed by atoms with Gasteiger partial charge in [-0.25, -0.2) is 0 Å². The van der Waals surface area contributed by atoms with Crippen molar-refractivity contribution >= 4 is 11.8 Å². The van der Waals surface area contributed by atoms with Gasteiger partial charge in [0.05, 0.1) is 18.7 Å². The largest absolute Gasteiger partial charge is 0.493 e. The Hall–Kier alpha value is -2.08. The summed E-state index contributed by atoms with van der Waals surface area (Å²) in [4.78, 5) is 30.7. The third-order valence-electron chi connectivity index (χ3n) is 4.60. The van der Waals surface area contributed by atoms with Crippen LogP contribution in [-0.4, -0.2) is 78.9 Å². The van der Waals surface area contributed by atoms with Crippen molar-refractivity contribution in [2.75, 3.05) is 46.4 Å². The van der Waals surface area contributed by atoms with E-state index in [4.69, 9.17) is 4.74 Å². The molecule has 1 aliphatic heterocycles. The molecule has 6 nitrogen and oxygen atoms in total. The number of likely N-dealkylation sites (N-methyl/N-ethyl adjacent to an activating group) is 1. The first-order valence-corrected chi connectivity index (χ1v) is 8.93. The first-order chi connectivity index (χ1) is 11.9. The number of ether oxygens (including phenoxy) is 1. The summed E-state index contributed by atoms with van der Waals surface area (Å²) in [5.41, 5.74) is 0.605. The highest BCUT2D eigenvalue weighted by Gasteiger charge is 2.26. The van der Waals surface area contributed by atoms with Crippen LogP contribution >= 0.6 is 0 Å².